The molecule has 0 saturated carbocycles. The second-order valence-corrected chi connectivity index (χ2v) is 2.82. The van der Waals surface area contributed by atoms with E-state index >= 15 is 0 Å². The Bertz CT molecular complexity index is 357. The second-order valence-electron chi connectivity index (χ2n) is 2.82. The van der Waals surface area contributed by atoms with Gasteiger partial charge in [0.15, 0.2) is 6.29 Å². The number of phenols is 1. The summed E-state index contributed by atoms with van der Waals surface area (Å²) in [5, 5.41) is 9.57. The molecule has 0 aliphatic heterocycles. The monoisotopic (exact) mass is 194 g/mol. The molecule has 0 amide bonds. The Morgan fingerprint density at radius 2 is 2.14 bits per heavy atom. The fourth-order valence-corrected chi connectivity index (χ4v) is 1.15. The minimum Gasteiger partial charge on any atom is -0.507 e. The fourth-order valence-electron chi connectivity index (χ4n) is 1.15. The molecular formula is C10H10O4. The van der Waals surface area contributed by atoms with Crippen LogP contribution in [0, 0.1) is 6.92 Å². The molecule has 0 radical (unpaired) electrons. The molecule has 4 nitrogen and oxygen atoms in total. The highest BCUT2D eigenvalue weighted by atomic mass is 16.5. The Hall–Kier alpha value is -1.84. The number of rotatable bonds is 4. The Kier molecular flexibility index (Phi) is 3.23. The van der Waals surface area contributed by atoms with Crippen molar-refractivity contribution < 1.29 is 19.4 Å². The van der Waals surface area contributed by atoms with Gasteiger partial charge >= 0.3 is 0 Å². The zero-order chi connectivity index (χ0) is 10.6. The van der Waals surface area contributed by atoms with Crippen LogP contribution in [0.2, 0.25) is 0 Å². The largest absolute Gasteiger partial charge is 0.507 e. The summed E-state index contributed by atoms with van der Waals surface area (Å²) < 4.78 is 4.52. The zero-order valence-corrected chi connectivity index (χ0v) is 7.69. The van der Waals surface area contributed by atoms with Crippen LogP contribution in [0.1, 0.15) is 21.5 Å². The first-order valence-corrected chi connectivity index (χ1v) is 4.02. The number of aryl methyl sites for hydroxylation is 1. The van der Waals surface area contributed by atoms with Crippen molar-refractivity contribution >= 4 is 12.8 Å². The highest BCUT2D eigenvalue weighted by Crippen LogP contribution is 2.25. The van der Waals surface area contributed by atoms with Crippen molar-refractivity contribution in [3.05, 3.63) is 28.8 Å². The summed E-state index contributed by atoms with van der Waals surface area (Å²) >= 11 is 0. The maximum absolute atomic E-state index is 10.5. The molecule has 0 aliphatic carbocycles. The number of hydrogen-bond acceptors (Lipinski definition) is 4. The second kappa shape index (κ2) is 4.41. The van der Waals surface area contributed by atoms with E-state index in [1.54, 1.807) is 13.0 Å². The normalized spacial score (nSPS) is 9.50. The van der Waals surface area contributed by atoms with Gasteiger partial charge in [-0.15, -0.1) is 0 Å². The maximum atomic E-state index is 10.5. The summed E-state index contributed by atoms with van der Waals surface area (Å²) in [6.45, 7) is 2.03. The van der Waals surface area contributed by atoms with Crippen molar-refractivity contribution in [2.45, 2.75) is 13.5 Å². The van der Waals surface area contributed by atoms with Gasteiger partial charge in [0.2, 0.25) is 0 Å². The van der Waals surface area contributed by atoms with Gasteiger partial charge in [-0.3, -0.25) is 9.59 Å². The van der Waals surface area contributed by atoms with E-state index < -0.39 is 0 Å². The number of aldehydes is 1. The lowest BCUT2D eigenvalue weighted by molar-refractivity contribution is -0.129. The molecule has 1 aromatic carbocycles. The van der Waals surface area contributed by atoms with Crippen LogP contribution < -0.4 is 0 Å². The first-order chi connectivity index (χ1) is 6.70. The van der Waals surface area contributed by atoms with Crippen molar-refractivity contribution in [3.63, 3.8) is 0 Å². The van der Waals surface area contributed by atoms with Gasteiger partial charge in [0.25, 0.3) is 6.47 Å². The quantitative estimate of drug-likeness (QED) is 0.731. The van der Waals surface area contributed by atoms with E-state index in [-0.39, 0.29) is 17.9 Å². The van der Waals surface area contributed by atoms with Gasteiger partial charge in [0.05, 0.1) is 5.56 Å². The van der Waals surface area contributed by atoms with Crippen molar-refractivity contribution in [2.75, 3.05) is 0 Å². The summed E-state index contributed by atoms with van der Waals surface area (Å²) in [7, 11) is 0. The number of carbonyl (C=O) groups is 2. The molecule has 1 N–H and O–H groups in total. The van der Waals surface area contributed by atoms with E-state index in [4.69, 9.17) is 0 Å². The molecule has 0 aliphatic rings. The average molecular weight is 194 g/mol. The highest BCUT2D eigenvalue weighted by Gasteiger charge is 2.09. The standard InChI is InChI=1S/C10H10O4/c1-7-2-3-8(4-11)10(13)9(7)5-14-6-12/h2-4,6,13H,5H2,1H3. The van der Waals surface area contributed by atoms with Gasteiger partial charge in [-0.2, -0.15) is 0 Å². The Balaban J connectivity index is 3.11. The lowest BCUT2D eigenvalue weighted by atomic mass is 10.0. The SMILES string of the molecule is Cc1ccc(C=O)c(O)c1COC=O. The summed E-state index contributed by atoms with van der Waals surface area (Å²) in [5.74, 6) is -0.123. The lowest BCUT2D eigenvalue weighted by Crippen LogP contribution is -1.96. The smallest absolute Gasteiger partial charge is 0.293 e. The van der Waals surface area contributed by atoms with E-state index in [2.05, 4.69) is 4.74 Å². The van der Waals surface area contributed by atoms with E-state index in [0.717, 1.165) is 5.56 Å². The van der Waals surface area contributed by atoms with E-state index in [0.29, 0.717) is 18.3 Å². The number of ether oxygens (including phenoxy) is 1. The molecule has 74 valence electrons. The molecular weight excluding hydrogens is 184 g/mol. The first kappa shape index (κ1) is 10.2. The fraction of sp³-hybridized carbons (Fsp3) is 0.200. The molecule has 0 bridgehead atoms. The van der Waals surface area contributed by atoms with Gasteiger partial charge in [-0.05, 0) is 18.6 Å². The minimum absolute atomic E-state index is 0.0250. The molecule has 0 fully saturated rings. The van der Waals surface area contributed by atoms with Gasteiger partial charge < -0.3 is 9.84 Å². The third-order valence-corrected chi connectivity index (χ3v) is 1.97. The Labute approximate surface area is 81.1 Å². The number of carbonyl (C=O) groups excluding carboxylic acids is 2. The summed E-state index contributed by atoms with van der Waals surface area (Å²) in [5.41, 5.74) is 1.43. The van der Waals surface area contributed by atoms with Crippen LogP contribution in [-0.2, 0) is 16.1 Å². The molecule has 0 heterocycles. The van der Waals surface area contributed by atoms with Gasteiger partial charge in [-0.1, -0.05) is 6.07 Å². The number of benzene rings is 1. The van der Waals surface area contributed by atoms with Crippen LogP contribution in [0.3, 0.4) is 0 Å². The van der Waals surface area contributed by atoms with Crippen LogP contribution in [0.5, 0.6) is 5.75 Å². The Morgan fingerprint density at radius 3 is 2.71 bits per heavy atom. The van der Waals surface area contributed by atoms with Gasteiger partial charge in [0.1, 0.15) is 12.4 Å². The molecule has 0 atom stereocenters. The van der Waals surface area contributed by atoms with Crippen molar-refractivity contribution in [2.24, 2.45) is 0 Å². The van der Waals surface area contributed by atoms with Crippen LogP contribution >= 0.6 is 0 Å². The summed E-state index contributed by atoms with van der Waals surface area (Å²) in [4.78, 5) is 20.5. The predicted molar refractivity (Wildman–Crippen MR) is 49.1 cm³/mol. The van der Waals surface area contributed by atoms with Crippen LogP contribution in [-0.4, -0.2) is 17.9 Å². The highest BCUT2D eigenvalue weighted by molar-refractivity contribution is 5.80. The summed E-state index contributed by atoms with van der Waals surface area (Å²) in [6.07, 6.45) is 0.555. The molecule has 0 saturated heterocycles. The number of hydrogen-bond donors (Lipinski definition) is 1. The van der Waals surface area contributed by atoms with Crippen LogP contribution in [0.25, 0.3) is 0 Å². The van der Waals surface area contributed by atoms with Crippen LogP contribution in [0.4, 0.5) is 0 Å². The van der Waals surface area contributed by atoms with E-state index in [9.17, 15) is 14.7 Å². The van der Waals surface area contributed by atoms with Gasteiger partial charge in [0, 0.05) is 5.56 Å². The minimum atomic E-state index is -0.123. The van der Waals surface area contributed by atoms with Crippen molar-refractivity contribution in [3.8, 4) is 5.75 Å². The van der Waals surface area contributed by atoms with Gasteiger partial charge in [-0.25, -0.2) is 0 Å². The molecule has 0 aromatic heterocycles. The lowest BCUT2D eigenvalue weighted by Gasteiger charge is -2.08. The van der Waals surface area contributed by atoms with E-state index in [1.165, 1.54) is 6.07 Å². The van der Waals surface area contributed by atoms with Crippen molar-refractivity contribution in [1.29, 1.82) is 0 Å². The molecule has 4 heteroatoms. The third-order valence-electron chi connectivity index (χ3n) is 1.97. The number of phenolic OH excluding ortho intramolecular Hbond substituents is 1. The zero-order valence-electron chi connectivity index (χ0n) is 7.69. The maximum Gasteiger partial charge on any atom is 0.293 e. The predicted octanol–water partition coefficient (Wildman–Crippen LogP) is 1.19. The van der Waals surface area contributed by atoms with E-state index in [1.807, 2.05) is 0 Å². The number of aromatic hydroxyl groups is 1. The molecule has 0 spiro atoms. The molecule has 1 aromatic rings. The van der Waals surface area contributed by atoms with Crippen molar-refractivity contribution in [1.82, 2.24) is 0 Å². The third kappa shape index (κ3) is 1.90. The topological polar surface area (TPSA) is 63.6 Å². The average Bonchev–Trinajstić information content (AvgIpc) is 2.18. The first-order valence-electron chi connectivity index (χ1n) is 4.02. The Morgan fingerprint density at radius 1 is 1.43 bits per heavy atom. The summed E-state index contributed by atoms with van der Waals surface area (Å²) in [6, 6.07) is 3.20. The molecule has 1 rings (SSSR count). The molecule has 14 heavy (non-hydrogen) atoms. The van der Waals surface area contributed by atoms with Crippen LogP contribution in [0.15, 0.2) is 12.1 Å². The molecule has 0 unspecified atom stereocenters.